The molecule has 0 aliphatic rings. The average molecular weight is 266 g/mol. The summed E-state index contributed by atoms with van der Waals surface area (Å²) < 4.78 is 5.90. The maximum atomic E-state index is 8.89. The van der Waals surface area contributed by atoms with E-state index in [9.17, 15) is 0 Å². The standard InChI is InChI=1S/C17H18N2O/c1-12-8-9-14(17(2,3)4)15(10-12)20-16-7-5-6-13(11-18)19-16/h5-10H,1-4H3. The highest BCUT2D eigenvalue weighted by Gasteiger charge is 2.19. The van der Waals surface area contributed by atoms with Gasteiger partial charge in [0, 0.05) is 11.6 Å². The minimum atomic E-state index is -0.0180. The van der Waals surface area contributed by atoms with E-state index in [-0.39, 0.29) is 5.41 Å². The van der Waals surface area contributed by atoms with Gasteiger partial charge in [-0.1, -0.05) is 39.0 Å². The Bertz CT molecular complexity index is 663. The predicted molar refractivity (Wildman–Crippen MR) is 78.9 cm³/mol. The Morgan fingerprint density at radius 1 is 1.15 bits per heavy atom. The van der Waals surface area contributed by atoms with Gasteiger partial charge in [-0.3, -0.25) is 0 Å². The van der Waals surface area contributed by atoms with Crippen molar-refractivity contribution in [2.75, 3.05) is 0 Å². The van der Waals surface area contributed by atoms with Crippen LogP contribution in [0.2, 0.25) is 0 Å². The summed E-state index contributed by atoms with van der Waals surface area (Å²) in [4.78, 5) is 4.16. The number of ether oxygens (including phenoxy) is 1. The maximum Gasteiger partial charge on any atom is 0.220 e. The van der Waals surface area contributed by atoms with Crippen LogP contribution in [0.25, 0.3) is 0 Å². The summed E-state index contributed by atoms with van der Waals surface area (Å²) in [6, 6.07) is 13.4. The number of nitriles is 1. The first-order valence-corrected chi connectivity index (χ1v) is 6.56. The lowest BCUT2D eigenvalue weighted by Crippen LogP contribution is -2.12. The monoisotopic (exact) mass is 266 g/mol. The zero-order valence-electron chi connectivity index (χ0n) is 12.3. The second-order valence-corrected chi connectivity index (χ2v) is 5.82. The first-order valence-electron chi connectivity index (χ1n) is 6.56. The molecule has 1 heterocycles. The van der Waals surface area contributed by atoms with E-state index in [2.05, 4.69) is 37.9 Å². The van der Waals surface area contributed by atoms with Crippen molar-refractivity contribution in [2.24, 2.45) is 0 Å². The van der Waals surface area contributed by atoms with Gasteiger partial charge in [-0.25, -0.2) is 4.98 Å². The average Bonchev–Trinajstić information content (AvgIpc) is 2.37. The van der Waals surface area contributed by atoms with Crippen LogP contribution >= 0.6 is 0 Å². The molecule has 0 atom stereocenters. The van der Waals surface area contributed by atoms with E-state index < -0.39 is 0 Å². The van der Waals surface area contributed by atoms with Crippen LogP contribution in [0, 0.1) is 18.3 Å². The van der Waals surface area contributed by atoms with Gasteiger partial charge in [0.2, 0.25) is 5.88 Å². The van der Waals surface area contributed by atoms with Gasteiger partial charge in [0.05, 0.1) is 0 Å². The normalized spacial score (nSPS) is 10.9. The lowest BCUT2D eigenvalue weighted by molar-refractivity contribution is 0.439. The third kappa shape index (κ3) is 3.16. The van der Waals surface area contributed by atoms with E-state index >= 15 is 0 Å². The van der Waals surface area contributed by atoms with Crippen molar-refractivity contribution in [1.82, 2.24) is 4.98 Å². The summed E-state index contributed by atoms with van der Waals surface area (Å²) in [6.45, 7) is 8.45. The number of pyridine rings is 1. The van der Waals surface area contributed by atoms with Gasteiger partial charge in [0.25, 0.3) is 0 Å². The van der Waals surface area contributed by atoms with E-state index in [1.165, 1.54) is 0 Å². The number of aryl methyl sites for hydroxylation is 1. The molecule has 1 aromatic heterocycles. The van der Waals surface area contributed by atoms with Gasteiger partial charge in [0.1, 0.15) is 17.5 Å². The quantitative estimate of drug-likeness (QED) is 0.811. The van der Waals surface area contributed by atoms with Crippen molar-refractivity contribution in [3.63, 3.8) is 0 Å². The summed E-state index contributed by atoms with van der Waals surface area (Å²) in [6.07, 6.45) is 0. The molecule has 3 heteroatoms. The highest BCUT2D eigenvalue weighted by Crippen LogP contribution is 2.34. The fourth-order valence-corrected chi connectivity index (χ4v) is 1.98. The molecule has 0 N–H and O–H groups in total. The molecule has 102 valence electrons. The first kappa shape index (κ1) is 14.1. The molecular weight excluding hydrogens is 248 g/mol. The van der Waals surface area contributed by atoms with Crippen LogP contribution < -0.4 is 4.74 Å². The fraction of sp³-hybridized carbons (Fsp3) is 0.294. The molecule has 0 amide bonds. The summed E-state index contributed by atoms with van der Waals surface area (Å²) >= 11 is 0. The molecule has 0 bridgehead atoms. The van der Waals surface area contributed by atoms with Crippen molar-refractivity contribution in [2.45, 2.75) is 33.1 Å². The minimum absolute atomic E-state index is 0.0180. The third-order valence-electron chi connectivity index (χ3n) is 3.00. The Morgan fingerprint density at radius 3 is 2.55 bits per heavy atom. The van der Waals surface area contributed by atoms with Gasteiger partial charge >= 0.3 is 0 Å². The Labute approximate surface area is 119 Å². The molecule has 2 rings (SSSR count). The van der Waals surface area contributed by atoms with Gasteiger partial charge in [-0.2, -0.15) is 5.26 Å². The smallest absolute Gasteiger partial charge is 0.220 e. The van der Waals surface area contributed by atoms with Crippen LogP contribution in [-0.4, -0.2) is 4.98 Å². The van der Waals surface area contributed by atoms with E-state index in [1.807, 2.05) is 19.1 Å². The number of nitrogens with zero attached hydrogens (tertiary/aromatic N) is 2. The van der Waals surface area contributed by atoms with Crippen LogP contribution in [0.4, 0.5) is 0 Å². The molecule has 1 aromatic carbocycles. The number of aromatic nitrogens is 1. The van der Waals surface area contributed by atoms with Gasteiger partial charge in [-0.05, 0) is 30.0 Å². The van der Waals surface area contributed by atoms with Crippen molar-refractivity contribution < 1.29 is 4.74 Å². The second-order valence-electron chi connectivity index (χ2n) is 5.82. The largest absolute Gasteiger partial charge is 0.439 e. The summed E-state index contributed by atoms with van der Waals surface area (Å²) in [5.74, 6) is 1.24. The third-order valence-corrected chi connectivity index (χ3v) is 3.00. The molecule has 0 spiro atoms. The minimum Gasteiger partial charge on any atom is -0.439 e. The zero-order chi connectivity index (χ0) is 14.8. The molecule has 0 saturated carbocycles. The Hall–Kier alpha value is -2.34. The molecule has 3 nitrogen and oxygen atoms in total. The number of benzene rings is 1. The van der Waals surface area contributed by atoms with Crippen LogP contribution in [0.15, 0.2) is 36.4 Å². The summed E-state index contributed by atoms with van der Waals surface area (Å²) in [5, 5.41) is 8.89. The maximum absolute atomic E-state index is 8.89. The summed E-state index contributed by atoms with van der Waals surface area (Å²) in [5.41, 5.74) is 2.58. The molecule has 2 aromatic rings. The number of hydrogen-bond acceptors (Lipinski definition) is 3. The number of rotatable bonds is 2. The molecule has 0 aliphatic heterocycles. The molecule has 0 radical (unpaired) electrons. The van der Waals surface area contributed by atoms with Crippen molar-refractivity contribution in [3.8, 4) is 17.7 Å². The zero-order valence-corrected chi connectivity index (χ0v) is 12.3. The van der Waals surface area contributed by atoms with Gasteiger partial charge in [0.15, 0.2) is 0 Å². The van der Waals surface area contributed by atoms with E-state index in [0.717, 1.165) is 16.9 Å². The molecule has 0 saturated heterocycles. The first-order chi connectivity index (χ1) is 9.40. The Morgan fingerprint density at radius 2 is 1.90 bits per heavy atom. The molecule has 0 unspecified atom stereocenters. The summed E-state index contributed by atoms with van der Waals surface area (Å²) in [7, 11) is 0. The fourth-order valence-electron chi connectivity index (χ4n) is 1.98. The molecule has 0 fully saturated rings. The second kappa shape index (κ2) is 5.34. The van der Waals surface area contributed by atoms with Crippen molar-refractivity contribution in [3.05, 3.63) is 53.2 Å². The molecule has 0 aliphatic carbocycles. The Kier molecular flexibility index (Phi) is 3.76. The predicted octanol–water partition coefficient (Wildman–Crippen LogP) is 4.35. The van der Waals surface area contributed by atoms with Gasteiger partial charge < -0.3 is 4.74 Å². The number of hydrogen-bond donors (Lipinski definition) is 0. The van der Waals surface area contributed by atoms with Crippen molar-refractivity contribution >= 4 is 0 Å². The van der Waals surface area contributed by atoms with Crippen LogP contribution in [0.3, 0.4) is 0 Å². The van der Waals surface area contributed by atoms with Crippen molar-refractivity contribution in [1.29, 1.82) is 5.26 Å². The van der Waals surface area contributed by atoms with Gasteiger partial charge in [-0.15, -0.1) is 0 Å². The highest BCUT2D eigenvalue weighted by molar-refractivity contribution is 5.43. The van der Waals surface area contributed by atoms with E-state index in [0.29, 0.717) is 11.6 Å². The van der Waals surface area contributed by atoms with Crippen LogP contribution in [0.5, 0.6) is 11.6 Å². The highest BCUT2D eigenvalue weighted by atomic mass is 16.5. The molecule has 20 heavy (non-hydrogen) atoms. The lowest BCUT2D eigenvalue weighted by atomic mass is 9.86. The van der Waals surface area contributed by atoms with Crippen LogP contribution in [-0.2, 0) is 5.41 Å². The van der Waals surface area contributed by atoms with E-state index in [1.54, 1.807) is 18.2 Å². The SMILES string of the molecule is Cc1ccc(C(C)(C)C)c(Oc2cccc(C#N)n2)c1. The lowest BCUT2D eigenvalue weighted by Gasteiger charge is -2.22. The topological polar surface area (TPSA) is 45.9 Å². The van der Waals surface area contributed by atoms with Crippen LogP contribution in [0.1, 0.15) is 37.6 Å². The van der Waals surface area contributed by atoms with E-state index in [4.69, 9.17) is 10.00 Å². The molecular formula is C17H18N2O. The Balaban J connectivity index is 2.42.